The Morgan fingerprint density at radius 3 is 1.78 bits per heavy atom. The topological polar surface area (TPSA) is 128 Å². The molecule has 0 atom stereocenters. The first-order valence-corrected chi connectivity index (χ1v) is 10.6. The van der Waals surface area contributed by atoms with Gasteiger partial charge in [-0.15, -0.1) is 22.7 Å². The number of hydrogen-bond donors (Lipinski definition) is 0. The molecule has 8 nitrogen and oxygen atoms in total. The van der Waals surface area contributed by atoms with E-state index in [0.717, 1.165) is 9.75 Å². The van der Waals surface area contributed by atoms with Gasteiger partial charge in [0.05, 0.1) is 23.8 Å². The summed E-state index contributed by atoms with van der Waals surface area (Å²) >= 11 is 2.82. The van der Waals surface area contributed by atoms with Crippen molar-refractivity contribution in [2.24, 2.45) is 0 Å². The normalized spacial score (nSPS) is 12.3. The molecule has 0 aliphatic heterocycles. The fraction of sp³-hybridized carbons (Fsp3) is 0.0909. The number of aryl methyl sites for hydroxylation is 2. The minimum absolute atomic E-state index is 0.0711. The Morgan fingerprint density at radius 1 is 0.875 bits per heavy atom. The lowest BCUT2D eigenvalue weighted by Crippen LogP contribution is -1.98. The Balaban J connectivity index is 2.29. The average molecular weight is 454 g/mol. The molecule has 152 valence electrons. The molecular formula is C22H10N6O2S2. The molecule has 0 fully saturated rings. The van der Waals surface area contributed by atoms with E-state index < -0.39 is 0 Å². The largest absolute Gasteiger partial charge is 0.463 e. The van der Waals surface area contributed by atoms with Crippen LogP contribution in [0.25, 0.3) is 37.3 Å². The highest BCUT2D eigenvalue weighted by Gasteiger charge is 2.17. The summed E-state index contributed by atoms with van der Waals surface area (Å²) in [5.41, 5.74) is 1.24. The van der Waals surface area contributed by atoms with Gasteiger partial charge in [0.15, 0.2) is 21.8 Å². The van der Waals surface area contributed by atoms with Crippen molar-refractivity contribution in [3.05, 3.63) is 67.4 Å². The van der Waals surface area contributed by atoms with Gasteiger partial charge < -0.3 is 8.83 Å². The lowest BCUT2D eigenvalue weighted by atomic mass is 10.2. The number of hydrogen-bond acceptors (Lipinski definition) is 9. The Bertz CT molecular complexity index is 1590. The number of furan rings is 2. The first-order chi connectivity index (χ1) is 15.5. The zero-order valence-electron chi connectivity index (χ0n) is 16.6. The number of nitrogens with zero attached hydrogens (tertiary/aromatic N) is 6. The average Bonchev–Trinajstić information content (AvgIpc) is 3.56. The highest BCUT2D eigenvalue weighted by molar-refractivity contribution is 7.15. The van der Waals surface area contributed by atoms with Crippen molar-refractivity contribution < 1.29 is 8.83 Å². The smallest absolute Gasteiger partial charge is 0.303 e. The van der Waals surface area contributed by atoms with Crippen molar-refractivity contribution in [3.63, 3.8) is 0 Å². The third-order valence-corrected chi connectivity index (χ3v) is 6.19. The second kappa shape index (κ2) is 8.34. The minimum atomic E-state index is -0.217. The third-order valence-electron chi connectivity index (χ3n) is 4.29. The zero-order chi connectivity index (χ0) is 22.8. The van der Waals surface area contributed by atoms with Crippen LogP contribution in [0.2, 0.25) is 0 Å². The van der Waals surface area contributed by atoms with Crippen LogP contribution >= 0.6 is 22.7 Å². The van der Waals surface area contributed by atoms with Gasteiger partial charge in [-0.25, -0.2) is 20.1 Å². The predicted octanol–water partition coefficient (Wildman–Crippen LogP) is 3.77. The first kappa shape index (κ1) is 20.8. The van der Waals surface area contributed by atoms with Crippen LogP contribution in [0.5, 0.6) is 0 Å². The molecule has 0 radical (unpaired) electrons. The van der Waals surface area contributed by atoms with Crippen LogP contribution in [0, 0.1) is 65.2 Å². The number of nitriles is 3. The number of thiazole rings is 2. The molecule has 0 aliphatic carbocycles. The maximum Gasteiger partial charge on any atom is 0.303 e. The van der Waals surface area contributed by atoms with Gasteiger partial charge in [-0.2, -0.15) is 10.5 Å². The fourth-order valence-electron chi connectivity index (χ4n) is 2.91. The Labute approximate surface area is 189 Å². The van der Waals surface area contributed by atoms with Crippen molar-refractivity contribution >= 4 is 33.9 Å². The predicted molar refractivity (Wildman–Crippen MR) is 116 cm³/mol. The second-order valence-electron chi connectivity index (χ2n) is 6.43. The van der Waals surface area contributed by atoms with E-state index in [9.17, 15) is 15.8 Å². The van der Waals surface area contributed by atoms with Crippen LogP contribution in [0.1, 0.15) is 9.75 Å². The third kappa shape index (κ3) is 3.57. The lowest BCUT2D eigenvalue weighted by molar-refractivity contribution is 0.449. The Kier molecular flexibility index (Phi) is 5.41. The Morgan fingerprint density at radius 2 is 1.38 bits per heavy atom. The van der Waals surface area contributed by atoms with E-state index in [0.29, 0.717) is 21.1 Å². The quantitative estimate of drug-likeness (QED) is 0.422. The summed E-state index contributed by atoms with van der Waals surface area (Å²) in [6.07, 6.45) is 3.41. The van der Waals surface area contributed by atoms with Crippen molar-refractivity contribution in [1.82, 2.24) is 9.97 Å². The standard InChI is InChI=1S/C22H10N6O2S2/c1-11-9-27-21(31-11)14-4-17(13(6-23)7-24)29-19(14)20-15(22-28-10-12(2)32-22)5-18(30-20)16(8-25)26-3/h4-5,9-10H,1-2H3/b18-16+,20-19+. The van der Waals surface area contributed by atoms with Crippen LogP contribution in [-0.2, 0) is 0 Å². The van der Waals surface area contributed by atoms with Gasteiger partial charge in [0.1, 0.15) is 27.6 Å². The van der Waals surface area contributed by atoms with Gasteiger partial charge in [-0.1, -0.05) is 0 Å². The van der Waals surface area contributed by atoms with Gasteiger partial charge in [0.2, 0.25) is 0 Å². The van der Waals surface area contributed by atoms with Crippen molar-refractivity contribution in [2.75, 3.05) is 0 Å². The summed E-state index contributed by atoms with van der Waals surface area (Å²) in [6, 6.07) is 8.62. The fourth-order valence-corrected chi connectivity index (χ4v) is 4.46. The molecule has 0 aliphatic rings. The zero-order valence-corrected chi connectivity index (χ0v) is 18.3. The molecule has 4 aromatic rings. The lowest BCUT2D eigenvalue weighted by Gasteiger charge is -1.91. The molecule has 0 amide bonds. The van der Waals surface area contributed by atoms with E-state index in [4.69, 9.17) is 15.4 Å². The van der Waals surface area contributed by atoms with E-state index >= 15 is 0 Å². The molecule has 0 unspecified atom stereocenters. The summed E-state index contributed by atoms with van der Waals surface area (Å²) in [6.45, 7) is 11.1. The highest BCUT2D eigenvalue weighted by Crippen LogP contribution is 2.30. The molecule has 4 aromatic heterocycles. The molecular weight excluding hydrogens is 444 g/mol. The molecule has 4 heterocycles. The summed E-state index contributed by atoms with van der Waals surface area (Å²) in [5.74, 6) is 0. The second-order valence-corrected chi connectivity index (χ2v) is 8.90. The van der Waals surface area contributed by atoms with E-state index in [1.165, 1.54) is 22.7 Å². The summed E-state index contributed by atoms with van der Waals surface area (Å²) in [5, 5.41) is 29.2. The molecule has 0 bridgehead atoms. The van der Waals surface area contributed by atoms with E-state index in [1.54, 1.807) is 24.5 Å². The molecule has 0 saturated heterocycles. The molecule has 32 heavy (non-hydrogen) atoms. The number of aromatic nitrogens is 2. The van der Waals surface area contributed by atoms with E-state index in [2.05, 4.69) is 14.8 Å². The highest BCUT2D eigenvalue weighted by atomic mass is 32.1. The van der Waals surface area contributed by atoms with E-state index in [1.807, 2.05) is 32.1 Å². The number of rotatable bonds is 2. The SMILES string of the molecule is [C-]#[N+]/C(C#N)=c1\cc(-c2ncc(C)s2)/c(=c2\oc(=C(C#N)C#N)cc2-c2ncc(C)s2)o1. The van der Waals surface area contributed by atoms with Crippen molar-refractivity contribution in [1.29, 1.82) is 15.8 Å². The Hall–Kier alpha value is -4.48. The van der Waals surface area contributed by atoms with E-state index in [-0.39, 0.29) is 32.9 Å². The van der Waals surface area contributed by atoms with Gasteiger partial charge in [0, 0.05) is 22.1 Å². The molecule has 0 N–H and O–H groups in total. The van der Waals surface area contributed by atoms with Gasteiger partial charge in [-0.3, -0.25) is 0 Å². The summed E-state index contributed by atoms with van der Waals surface area (Å²) in [7, 11) is 0. The van der Waals surface area contributed by atoms with Gasteiger partial charge in [-0.05, 0) is 26.0 Å². The minimum Gasteiger partial charge on any atom is -0.463 e. The van der Waals surface area contributed by atoms with Crippen LogP contribution in [-0.4, -0.2) is 9.97 Å². The van der Waals surface area contributed by atoms with Gasteiger partial charge >= 0.3 is 5.70 Å². The van der Waals surface area contributed by atoms with Crippen molar-refractivity contribution in [3.8, 4) is 39.3 Å². The maximum atomic E-state index is 9.32. The molecule has 0 spiro atoms. The van der Waals surface area contributed by atoms with Crippen LogP contribution in [0.15, 0.2) is 33.4 Å². The molecule has 4 rings (SSSR count). The summed E-state index contributed by atoms with van der Waals surface area (Å²) < 4.78 is 11.9. The molecule has 0 saturated carbocycles. The van der Waals surface area contributed by atoms with Gasteiger partial charge in [0.25, 0.3) is 0 Å². The molecule has 10 heteroatoms. The molecule has 0 aromatic carbocycles. The van der Waals surface area contributed by atoms with Crippen LogP contribution in [0.4, 0.5) is 0 Å². The monoisotopic (exact) mass is 454 g/mol. The maximum absolute atomic E-state index is 9.32. The van der Waals surface area contributed by atoms with Crippen molar-refractivity contribution in [2.45, 2.75) is 13.8 Å². The van der Waals surface area contributed by atoms with Crippen LogP contribution < -0.4 is 10.8 Å². The summed E-state index contributed by atoms with van der Waals surface area (Å²) in [4.78, 5) is 14.0. The first-order valence-electron chi connectivity index (χ1n) is 8.95. The van der Waals surface area contributed by atoms with Crippen LogP contribution in [0.3, 0.4) is 0 Å².